The Morgan fingerprint density at radius 2 is 2.07 bits per heavy atom. The lowest BCUT2D eigenvalue weighted by molar-refractivity contribution is -0.126. The molecule has 0 bridgehead atoms. The van der Waals surface area contributed by atoms with Gasteiger partial charge in [-0.15, -0.1) is 24.0 Å². The fourth-order valence-electron chi connectivity index (χ4n) is 3.48. The maximum absolute atomic E-state index is 12.3. The normalized spacial score (nSPS) is 23.1. The van der Waals surface area contributed by atoms with Crippen molar-refractivity contribution < 1.29 is 14.1 Å². The Bertz CT molecular complexity index is 679. The van der Waals surface area contributed by atoms with E-state index in [9.17, 15) is 4.79 Å². The topological polar surface area (TPSA) is 114 Å². The van der Waals surface area contributed by atoms with Gasteiger partial charge in [-0.1, -0.05) is 11.6 Å². The van der Waals surface area contributed by atoms with Gasteiger partial charge in [-0.05, 0) is 46.0 Å². The summed E-state index contributed by atoms with van der Waals surface area (Å²) in [5.74, 6) is 1.99. The minimum Gasteiger partial charge on any atom is -0.371 e. The number of carbonyl (C=O) groups excluding carboxylic acids is 1. The van der Waals surface area contributed by atoms with Gasteiger partial charge in [-0.2, -0.15) is 4.98 Å². The predicted molar refractivity (Wildman–Crippen MR) is 120 cm³/mol. The van der Waals surface area contributed by atoms with Crippen molar-refractivity contribution in [3.05, 3.63) is 11.7 Å². The number of rotatable bonds is 8. The molecule has 0 aromatic carbocycles. The third-order valence-electron chi connectivity index (χ3n) is 5.20. The Hall–Kier alpha value is -1.43. The predicted octanol–water partition coefficient (Wildman–Crippen LogP) is 2.29. The molecule has 1 aromatic heterocycles. The lowest BCUT2D eigenvalue weighted by Crippen LogP contribution is -2.47. The molecule has 3 unspecified atom stereocenters. The van der Waals surface area contributed by atoms with Crippen molar-refractivity contribution in [2.75, 3.05) is 13.7 Å². The fourth-order valence-corrected chi connectivity index (χ4v) is 3.48. The van der Waals surface area contributed by atoms with Crippen LogP contribution in [-0.2, 0) is 16.1 Å². The zero-order valence-electron chi connectivity index (χ0n) is 17.4. The minimum atomic E-state index is -0.194. The number of aliphatic imine (C=N–C) groups is 1. The fraction of sp³-hybridized carbons (Fsp3) is 0.789. The van der Waals surface area contributed by atoms with Crippen LogP contribution in [0.4, 0.5) is 0 Å². The number of guanidine groups is 1. The molecule has 29 heavy (non-hydrogen) atoms. The van der Waals surface area contributed by atoms with Crippen LogP contribution in [0.25, 0.3) is 0 Å². The second-order valence-corrected chi connectivity index (χ2v) is 7.56. The lowest BCUT2D eigenvalue weighted by atomic mass is 9.85. The van der Waals surface area contributed by atoms with E-state index in [2.05, 4.69) is 31.1 Å². The average molecular weight is 520 g/mol. The summed E-state index contributed by atoms with van der Waals surface area (Å²) in [4.78, 5) is 21.0. The molecule has 1 amide bonds. The van der Waals surface area contributed by atoms with Gasteiger partial charge in [0.25, 0.3) is 0 Å². The summed E-state index contributed by atoms with van der Waals surface area (Å²) in [6.07, 6.45) is 5.92. The van der Waals surface area contributed by atoms with E-state index >= 15 is 0 Å². The van der Waals surface area contributed by atoms with Gasteiger partial charge in [0.05, 0.1) is 6.54 Å². The van der Waals surface area contributed by atoms with Gasteiger partial charge in [0, 0.05) is 31.7 Å². The molecule has 10 heteroatoms. The standard InChI is InChI=1S/C19H32N6O3.HI/c1-4-27-12(2)17-24-16(28-25-17)11-21-19(20-3)23-15-7-5-6-13(10-15)18(26)22-14-8-9-14;/h12-15H,4-11H2,1-3H3,(H,22,26)(H2,20,21,23);1H. The first-order chi connectivity index (χ1) is 13.6. The molecule has 2 aliphatic carbocycles. The number of aromatic nitrogens is 2. The van der Waals surface area contributed by atoms with Gasteiger partial charge in [0.1, 0.15) is 6.10 Å². The molecular weight excluding hydrogens is 487 g/mol. The van der Waals surface area contributed by atoms with Gasteiger partial charge >= 0.3 is 0 Å². The Balaban J connectivity index is 0.00000300. The summed E-state index contributed by atoms with van der Waals surface area (Å²) in [5.41, 5.74) is 0. The Labute approximate surface area is 189 Å². The summed E-state index contributed by atoms with van der Waals surface area (Å²) in [7, 11) is 1.73. The Kier molecular flexibility index (Phi) is 9.60. The van der Waals surface area contributed by atoms with E-state index in [4.69, 9.17) is 9.26 Å². The SMILES string of the molecule is CCOC(C)c1noc(CNC(=NC)NC2CCCC(C(=O)NC3CC3)C2)n1.I. The monoisotopic (exact) mass is 520 g/mol. The van der Waals surface area contributed by atoms with Crippen LogP contribution in [0.15, 0.2) is 9.52 Å². The number of hydrogen-bond donors (Lipinski definition) is 3. The summed E-state index contributed by atoms with van der Waals surface area (Å²) in [6.45, 7) is 4.80. The molecule has 2 aliphatic rings. The highest BCUT2D eigenvalue weighted by Gasteiger charge is 2.31. The highest BCUT2D eigenvalue weighted by molar-refractivity contribution is 14.0. The number of nitrogens with one attached hydrogen (secondary N) is 3. The molecule has 2 saturated carbocycles. The molecule has 0 radical (unpaired) electrons. The van der Waals surface area contributed by atoms with Gasteiger partial charge in [0.2, 0.25) is 11.8 Å². The third kappa shape index (κ3) is 7.40. The van der Waals surface area contributed by atoms with Crippen molar-refractivity contribution >= 4 is 35.8 Å². The van der Waals surface area contributed by atoms with E-state index in [1.165, 1.54) is 0 Å². The quantitative estimate of drug-likeness (QED) is 0.274. The van der Waals surface area contributed by atoms with Gasteiger partial charge in [-0.25, -0.2) is 0 Å². The summed E-state index contributed by atoms with van der Waals surface area (Å²) in [5, 5.41) is 13.7. The number of amides is 1. The van der Waals surface area contributed by atoms with E-state index in [-0.39, 0.29) is 47.9 Å². The number of nitrogens with zero attached hydrogens (tertiary/aromatic N) is 3. The van der Waals surface area contributed by atoms with E-state index < -0.39 is 0 Å². The average Bonchev–Trinajstić information content (AvgIpc) is 3.38. The first-order valence-corrected chi connectivity index (χ1v) is 10.3. The van der Waals surface area contributed by atoms with Crippen LogP contribution in [0.5, 0.6) is 0 Å². The van der Waals surface area contributed by atoms with Crippen molar-refractivity contribution in [1.29, 1.82) is 0 Å². The van der Waals surface area contributed by atoms with Crippen molar-refractivity contribution in [3.8, 4) is 0 Å². The first-order valence-electron chi connectivity index (χ1n) is 10.3. The van der Waals surface area contributed by atoms with Crippen LogP contribution in [0.2, 0.25) is 0 Å². The van der Waals surface area contributed by atoms with Crippen LogP contribution < -0.4 is 16.0 Å². The summed E-state index contributed by atoms with van der Waals surface area (Å²) < 4.78 is 10.7. The third-order valence-corrected chi connectivity index (χ3v) is 5.20. The second kappa shape index (κ2) is 11.7. The van der Waals surface area contributed by atoms with E-state index in [0.717, 1.165) is 38.5 Å². The maximum atomic E-state index is 12.3. The zero-order chi connectivity index (χ0) is 19.9. The maximum Gasteiger partial charge on any atom is 0.246 e. The highest BCUT2D eigenvalue weighted by Crippen LogP contribution is 2.26. The molecule has 3 atom stereocenters. The van der Waals surface area contributed by atoms with E-state index in [1.807, 2.05) is 13.8 Å². The first kappa shape index (κ1) is 23.8. The molecular formula is C19H33IN6O3. The van der Waals surface area contributed by atoms with Crippen LogP contribution in [-0.4, -0.2) is 47.7 Å². The molecule has 0 aliphatic heterocycles. The largest absolute Gasteiger partial charge is 0.371 e. The van der Waals surface area contributed by atoms with Crippen molar-refractivity contribution in [2.45, 2.75) is 77.1 Å². The summed E-state index contributed by atoms with van der Waals surface area (Å²) in [6, 6.07) is 0.645. The van der Waals surface area contributed by atoms with Crippen LogP contribution >= 0.6 is 24.0 Å². The minimum absolute atomic E-state index is 0. The molecule has 3 N–H and O–H groups in total. The number of carbonyl (C=O) groups is 1. The number of ether oxygens (including phenoxy) is 1. The Morgan fingerprint density at radius 1 is 1.28 bits per heavy atom. The molecule has 164 valence electrons. The molecule has 0 spiro atoms. The van der Waals surface area contributed by atoms with Crippen LogP contribution in [0.3, 0.4) is 0 Å². The molecule has 2 fully saturated rings. The lowest BCUT2D eigenvalue weighted by Gasteiger charge is -2.30. The smallest absolute Gasteiger partial charge is 0.246 e. The second-order valence-electron chi connectivity index (χ2n) is 7.56. The molecule has 3 rings (SSSR count). The van der Waals surface area contributed by atoms with Gasteiger partial charge in [-0.3, -0.25) is 9.79 Å². The van der Waals surface area contributed by atoms with Crippen LogP contribution in [0.1, 0.15) is 70.2 Å². The van der Waals surface area contributed by atoms with E-state index in [1.54, 1.807) is 7.05 Å². The van der Waals surface area contributed by atoms with Crippen LogP contribution in [0, 0.1) is 5.92 Å². The summed E-state index contributed by atoms with van der Waals surface area (Å²) >= 11 is 0. The van der Waals surface area contributed by atoms with Crippen molar-refractivity contribution in [2.24, 2.45) is 10.9 Å². The molecule has 0 saturated heterocycles. The number of halogens is 1. The van der Waals surface area contributed by atoms with Crippen molar-refractivity contribution in [3.63, 3.8) is 0 Å². The van der Waals surface area contributed by atoms with Gasteiger partial charge in [0.15, 0.2) is 11.8 Å². The highest BCUT2D eigenvalue weighted by atomic mass is 127. The van der Waals surface area contributed by atoms with Crippen molar-refractivity contribution in [1.82, 2.24) is 26.1 Å². The number of hydrogen-bond acceptors (Lipinski definition) is 6. The molecule has 9 nitrogen and oxygen atoms in total. The molecule has 1 heterocycles. The molecule has 1 aromatic rings. The zero-order valence-corrected chi connectivity index (χ0v) is 19.8. The van der Waals surface area contributed by atoms with E-state index in [0.29, 0.717) is 36.9 Å². The van der Waals surface area contributed by atoms with Gasteiger partial charge < -0.3 is 25.2 Å². The Morgan fingerprint density at radius 3 is 2.76 bits per heavy atom.